The van der Waals surface area contributed by atoms with Gasteiger partial charge in [0.25, 0.3) is 5.91 Å². The smallest absolute Gasteiger partial charge is 0.360 e. The van der Waals surface area contributed by atoms with Crippen molar-refractivity contribution in [1.29, 1.82) is 0 Å². The Morgan fingerprint density at radius 1 is 1.18 bits per heavy atom. The molecule has 2 fully saturated rings. The van der Waals surface area contributed by atoms with Crippen LogP contribution in [0.5, 0.6) is 0 Å². The van der Waals surface area contributed by atoms with Gasteiger partial charge in [-0.15, -0.1) is 0 Å². The van der Waals surface area contributed by atoms with E-state index >= 15 is 0 Å². The van der Waals surface area contributed by atoms with E-state index in [1.807, 2.05) is 4.90 Å². The predicted octanol–water partition coefficient (Wildman–Crippen LogP) is 4.08. The number of alkyl halides is 3. The van der Waals surface area contributed by atoms with Gasteiger partial charge in [0.05, 0.1) is 11.1 Å². The van der Waals surface area contributed by atoms with E-state index in [9.17, 15) is 18.0 Å². The van der Waals surface area contributed by atoms with Crippen LogP contribution in [0.3, 0.4) is 0 Å². The molecule has 1 N–H and O–H groups in total. The number of rotatable bonds is 4. The maximum Gasteiger partial charge on any atom is 0.433 e. The molecule has 3 heterocycles. The third-order valence-corrected chi connectivity index (χ3v) is 5.45. The topological polar surface area (TPSA) is 58.1 Å². The molecule has 8 heteroatoms. The van der Waals surface area contributed by atoms with Crippen molar-refractivity contribution in [3.05, 3.63) is 53.5 Å². The maximum absolute atomic E-state index is 12.7. The van der Waals surface area contributed by atoms with Crippen molar-refractivity contribution in [3.63, 3.8) is 0 Å². The molecule has 148 valence electrons. The van der Waals surface area contributed by atoms with E-state index in [0.717, 1.165) is 38.4 Å². The SMILES string of the molecule is C[C@H]1CCN(C(=O)c2ccc(NC3(c4ccc(C(F)(F)F)nc4)CC3)nc2)C1. The van der Waals surface area contributed by atoms with Crippen LogP contribution in [0, 0.1) is 5.92 Å². The highest BCUT2D eigenvalue weighted by atomic mass is 19.4. The summed E-state index contributed by atoms with van der Waals surface area (Å²) < 4.78 is 38.1. The molecule has 1 atom stereocenters. The number of likely N-dealkylation sites (tertiary alicyclic amines) is 1. The van der Waals surface area contributed by atoms with Gasteiger partial charge in [-0.25, -0.2) is 4.98 Å². The summed E-state index contributed by atoms with van der Waals surface area (Å²) in [6.07, 6.45) is 0.967. The Balaban J connectivity index is 1.45. The fraction of sp³-hybridized carbons (Fsp3) is 0.450. The van der Waals surface area contributed by atoms with Crippen molar-refractivity contribution in [2.75, 3.05) is 18.4 Å². The highest BCUT2D eigenvalue weighted by Gasteiger charge is 2.45. The van der Waals surface area contributed by atoms with Crippen LogP contribution < -0.4 is 5.32 Å². The standard InChI is InChI=1S/C20H21F3N4O/c1-13-6-9-27(12-13)18(28)14-2-5-17(25-10-14)26-19(7-8-19)15-3-4-16(24-11-15)20(21,22)23/h2-5,10-11,13H,6-9,12H2,1H3,(H,25,26)/t13-/m0/s1. The molecule has 0 aromatic carbocycles. The monoisotopic (exact) mass is 390 g/mol. The lowest BCUT2D eigenvalue weighted by Gasteiger charge is -2.19. The molecule has 2 aromatic heterocycles. The lowest BCUT2D eigenvalue weighted by atomic mass is 10.1. The van der Waals surface area contributed by atoms with Crippen LogP contribution in [-0.4, -0.2) is 33.9 Å². The molecule has 1 amide bonds. The Morgan fingerprint density at radius 2 is 1.96 bits per heavy atom. The van der Waals surface area contributed by atoms with E-state index in [-0.39, 0.29) is 5.91 Å². The number of carbonyl (C=O) groups excluding carboxylic acids is 1. The average molecular weight is 390 g/mol. The second kappa shape index (κ2) is 6.76. The number of nitrogens with zero attached hydrogens (tertiary/aromatic N) is 3. The predicted molar refractivity (Wildman–Crippen MR) is 97.7 cm³/mol. The van der Waals surface area contributed by atoms with Gasteiger partial charge in [0.2, 0.25) is 0 Å². The van der Waals surface area contributed by atoms with Crippen LogP contribution in [-0.2, 0) is 11.7 Å². The first-order valence-corrected chi connectivity index (χ1v) is 9.34. The molecule has 2 aromatic rings. The van der Waals surface area contributed by atoms with Crippen LogP contribution in [0.1, 0.15) is 47.8 Å². The third kappa shape index (κ3) is 3.68. The first-order chi connectivity index (χ1) is 13.3. The van der Waals surface area contributed by atoms with Gasteiger partial charge in [0.15, 0.2) is 0 Å². The van der Waals surface area contributed by atoms with Crippen LogP contribution in [0.4, 0.5) is 19.0 Å². The van der Waals surface area contributed by atoms with Gasteiger partial charge in [0, 0.05) is 25.5 Å². The van der Waals surface area contributed by atoms with Gasteiger partial charge >= 0.3 is 6.18 Å². The molecular formula is C20H21F3N4O. The Labute approximate surface area is 161 Å². The van der Waals surface area contributed by atoms with Crippen molar-refractivity contribution in [2.24, 2.45) is 5.92 Å². The molecule has 1 aliphatic carbocycles. The van der Waals surface area contributed by atoms with Gasteiger partial charge in [-0.05, 0) is 48.9 Å². The summed E-state index contributed by atoms with van der Waals surface area (Å²) in [7, 11) is 0. The van der Waals surface area contributed by atoms with E-state index in [1.165, 1.54) is 12.3 Å². The number of hydrogen-bond acceptors (Lipinski definition) is 4. The second-order valence-electron chi connectivity index (χ2n) is 7.71. The van der Waals surface area contributed by atoms with Gasteiger partial charge in [-0.1, -0.05) is 13.0 Å². The number of amides is 1. The van der Waals surface area contributed by atoms with Crippen molar-refractivity contribution >= 4 is 11.7 Å². The lowest BCUT2D eigenvalue weighted by molar-refractivity contribution is -0.141. The number of nitrogens with one attached hydrogen (secondary N) is 1. The second-order valence-corrected chi connectivity index (χ2v) is 7.71. The molecule has 2 aliphatic rings. The van der Waals surface area contributed by atoms with Crippen molar-refractivity contribution < 1.29 is 18.0 Å². The first kappa shape index (κ1) is 18.7. The quantitative estimate of drug-likeness (QED) is 0.855. The number of halogens is 3. The fourth-order valence-corrected chi connectivity index (χ4v) is 3.60. The summed E-state index contributed by atoms with van der Waals surface area (Å²) in [4.78, 5) is 22.2. The molecule has 28 heavy (non-hydrogen) atoms. The normalized spacial score (nSPS) is 20.9. The van der Waals surface area contributed by atoms with Crippen molar-refractivity contribution in [1.82, 2.24) is 14.9 Å². The van der Waals surface area contributed by atoms with E-state index in [1.54, 1.807) is 18.3 Å². The highest BCUT2D eigenvalue weighted by Crippen LogP contribution is 2.48. The minimum atomic E-state index is -4.44. The average Bonchev–Trinajstić information content (AvgIpc) is 3.32. The molecule has 1 saturated carbocycles. The highest BCUT2D eigenvalue weighted by molar-refractivity contribution is 5.94. The summed E-state index contributed by atoms with van der Waals surface area (Å²) in [6.45, 7) is 3.66. The summed E-state index contributed by atoms with van der Waals surface area (Å²) in [5.41, 5.74) is -0.0986. The number of carbonyl (C=O) groups is 1. The first-order valence-electron chi connectivity index (χ1n) is 9.34. The summed E-state index contributed by atoms with van der Waals surface area (Å²) in [5.74, 6) is 1.09. The summed E-state index contributed by atoms with van der Waals surface area (Å²) in [5, 5.41) is 3.29. The summed E-state index contributed by atoms with van der Waals surface area (Å²) >= 11 is 0. The van der Waals surface area contributed by atoms with Gasteiger partial charge < -0.3 is 10.2 Å². The maximum atomic E-state index is 12.7. The molecular weight excluding hydrogens is 369 g/mol. The molecule has 4 rings (SSSR count). The Hall–Kier alpha value is -2.64. The van der Waals surface area contributed by atoms with Crippen molar-refractivity contribution in [2.45, 2.75) is 37.9 Å². The van der Waals surface area contributed by atoms with Crippen LogP contribution in [0.2, 0.25) is 0 Å². The third-order valence-electron chi connectivity index (χ3n) is 5.45. The van der Waals surface area contributed by atoms with Crippen molar-refractivity contribution in [3.8, 4) is 0 Å². The van der Waals surface area contributed by atoms with Crippen LogP contribution in [0.25, 0.3) is 0 Å². The van der Waals surface area contributed by atoms with Gasteiger partial charge in [-0.2, -0.15) is 13.2 Å². The number of pyridine rings is 2. The minimum absolute atomic E-state index is 0.0172. The molecule has 1 saturated heterocycles. The molecule has 0 spiro atoms. The van der Waals surface area contributed by atoms with E-state index < -0.39 is 17.4 Å². The zero-order chi connectivity index (χ0) is 19.9. The zero-order valence-electron chi connectivity index (χ0n) is 15.5. The Morgan fingerprint density at radius 3 is 2.46 bits per heavy atom. The fourth-order valence-electron chi connectivity index (χ4n) is 3.60. The van der Waals surface area contributed by atoms with E-state index in [4.69, 9.17) is 0 Å². The Bertz CT molecular complexity index is 861. The summed E-state index contributed by atoms with van der Waals surface area (Å²) in [6, 6.07) is 5.94. The molecule has 0 bridgehead atoms. The molecule has 0 radical (unpaired) electrons. The number of anilines is 1. The van der Waals surface area contributed by atoms with E-state index in [0.29, 0.717) is 22.9 Å². The van der Waals surface area contributed by atoms with Gasteiger partial charge in [0.1, 0.15) is 11.5 Å². The molecule has 1 aliphatic heterocycles. The molecule has 0 unspecified atom stereocenters. The zero-order valence-corrected chi connectivity index (χ0v) is 15.5. The van der Waals surface area contributed by atoms with E-state index in [2.05, 4.69) is 22.2 Å². The van der Waals surface area contributed by atoms with Crippen LogP contribution in [0.15, 0.2) is 36.7 Å². The van der Waals surface area contributed by atoms with Gasteiger partial charge in [-0.3, -0.25) is 9.78 Å². The number of aromatic nitrogens is 2. The molecule has 5 nitrogen and oxygen atoms in total. The van der Waals surface area contributed by atoms with Crippen LogP contribution >= 0.6 is 0 Å². The number of hydrogen-bond donors (Lipinski definition) is 1. The largest absolute Gasteiger partial charge is 0.433 e. The Kier molecular flexibility index (Phi) is 4.51. The lowest BCUT2D eigenvalue weighted by Crippen LogP contribution is -2.28. The minimum Gasteiger partial charge on any atom is -0.360 e.